The Labute approximate surface area is 176 Å². The summed E-state index contributed by atoms with van der Waals surface area (Å²) < 4.78 is 48.5. The molecule has 0 bridgehead atoms. The molecule has 0 radical (unpaired) electrons. The Kier molecular flexibility index (Phi) is 5.47. The summed E-state index contributed by atoms with van der Waals surface area (Å²) in [7, 11) is 1.54. The molecule has 0 aliphatic carbocycles. The van der Waals surface area contributed by atoms with Crippen LogP contribution in [0.2, 0.25) is 0 Å². The van der Waals surface area contributed by atoms with Crippen molar-refractivity contribution < 1.29 is 32.2 Å². The van der Waals surface area contributed by atoms with Gasteiger partial charge in [-0.15, -0.1) is 0 Å². The molecular weight excluding hydrogens is 415 g/mol. The van der Waals surface area contributed by atoms with E-state index < -0.39 is 17.7 Å². The van der Waals surface area contributed by atoms with Crippen LogP contribution in [0, 0.1) is 5.92 Å². The Morgan fingerprint density at radius 3 is 2.58 bits per heavy atom. The maximum Gasteiger partial charge on any atom is 0.417 e. The van der Waals surface area contributed by atoms with Crippen LogP contribution in [0.3, 0.4) is 0 Å². The number of likely N-dealkylation sites (tertiary alicyclic amines) is 1. The largest absolute Gasteiger partial charge is 0.497 e. The molecule has 2 aromatic rings. The lowest BCUT2D eigenvalue weighted by Crippen LogP contribution is -2.57. The fourth-order valence-electron chi connectivity index (χ4n) is 3.64. The van der Waals surface area contributed by atoms with Crippen molar-refractivity contribution in [3.8, 4) is 11.6 Å². The lowest BCUT2D eigenvalue weighted by molar-refractivity contribution is -0.144. The number of pyridine rings is 1. The maximum absolute atomic E-state index is 12.8. The Hall–Kier alpha value is -3.30. The second-order valence-corrected chi connectivity index (χ2v) is 7.47. The van der Waals surface area contributed by atoms with Gasteiger partial charge in [-0.05, 0) is 18.2 Å². The highest BCUT2D eigenvalue weighted by Gasteiger charge is 2.41. The first-order chi connectivity index (χ1) is 14.7. The van der Waals surface area contributed by atoms with Crippen LogP contribution < -0.4 is 14.4 Å². The van der Waals surface area contributed by atoms with Crippen molar-refractivity contribution in [2.24, 2.45) is 5.92 Å². The van der Waals surface area contributed by atoms with Gasteiger partial charge < -0.3 is 19.3 Å². The number of rotatable bonds is 5. The van der Waals surface area contributed by atoms with E-state index in [0.29, 0.717) is 30.7 Å². The number of halogens is 3. The van der Waals surface area contributed by atoms with Gasteiger partial charge in [0.15, 0.2) is 0 Å². The van der Waals surface area contributed by atoms with Gasteiger partial charge >= 0.3 is 6.18 Å². The number of aromatic nitrogens is 1. The van der Waals surface area contributed by atoms with Crippen molar-refractivity contribution in [3.63, 3.8) is 0 Å². The Balaban J connectivity index is 1.30. The summed E-state index contributed by atoms with van der Waals surface area (Å²) in [6.45, 7) is 0.879. The minimum Gasteiger partial charge on any atom is -0.497 e. The molecule has 2 fully saturated rings. The molecule has 7 nitrogen and oxygen atoms in total. The molecule has 3 heterocycles. The van der Waals surface area contributed by atoms with Gasteiger partial charge in [-0.25, -0.2) is 4.98 Å². The second-order valence-electron chi connectivity index (χ2n) is 7.47. The lowest BCUT2D eigenvalue weighted by Gasteiger charge is -2.39. The number of carbonyl (C=O) groups excluding carboxylic acids is 2. The Morgan fingerprint density at radius 2 is 1.94 bits per heavy atom. The van der Waals surface area contributed by atoms with Crippen LogP contribution in [0.15, 0.2) is 42.6 Å². The van der Waals surface area contributed by atoms with E-state index in [1.165, 1.54) is 0 Å². The second kappa shape index (κ2) is 8.09. The predicted molar refractivity (Wildman–Crippen MR) is 104 cm³/mol. The smallest absolute Gasteiger partial charge is 0.417 e. The van der Waals surface area contributed by atoms with Crippen molar-refractivity contribution >= 4 is 17.5 Å². The van der Waals surface area contributed by atoms with Crippen LogP contribution in [-0.2, 0) is 15.8 Å². The Morgan fingerprint density at radius 1 is 1.16 bits per heavy atom. The minimum absolute atomic E-state index is 0.0744. The molecule has 1 unspecified atom stereocenters. The monoisotopic (exact) mass is 435 g/mol. The predicted octanol–water partition coefficient (Wildman–Crippen LogP) is 2.75. The van der Waals surface area contributed by atoms with Gasteiger partial charge in [-0.2, -0.15) is 13.2 Å². The zero-order valence-corrected chi connectivity index (χ0v) is 16.6. The molecule has 2 aliphatic rings. The number of methoxy groups -OCH3 is 1. The van der Waals surface area contributed by atoms with Gasteiger partial charge in [0.25, 0.3) is 0 Å². The number of amides is 2. The van der Waals surface area contributed by atoms with Gasteiger partial charge in [-0.3, -0.25) is 9.59 Å². The van der Waals surface area contributed by atoms with Crippen LogP contribution in [-0.4, -0.2) is 54.5 Å². The molecule has 4 rings (SSSR count). The first-order valence-corrected chi connectivity index (χ1v) is 9.67. The van der Waals surface area contributed by atoms with Crippen molar-refractivity contribution in [2.45, 2.75) is 18.7 Å². The number of nitrogens with zero attached hydrogens (tertiary/aromatic N) is 3. The van der Waals surface area contributed by atoms with E-state index in [9.17, 15) is 22.8 Å². The first-order valence-electron chi connectivity index (χ1n) is 9.67. The molecule has 2 amide bonds. The van der Waals surface area contributed by atoms with Gasteiger partial charge in [0, 0.05) is 37.0 Å². The van der Waals surface area contributed by atoms with Crippen LogP contribution >= 0.6 is 0 Å². The molecule has 0 spiro atoms. The SMILES string of the molecule is COc1cccc(N2CC(C(=O)N3CC(Oc4ccc(C(F)(F)F)cn4)C3)CC2=O)c1. The molecule has 1 atom stereocenters. The number of ether oxygens (including phenoxy) is 2. The van der Waals surface area contributed by atoms with E-state index in [4.69, 9.17) is 9.47 Å². The summed E-state index contributed by atoms with van der Waals surface area (Å²) in [4.78, 5) is 32.0. The highest BCUT2D eigenvalue weighted by Crippen LogP contribution is 2.31. The highest BCUT2D eigenvalue weighted by molar-refractivity contribution is 6.00. The van der Waals surface area contributed by atoms with Gasteiger partial charge in [-0.1, -0.05) is 6.07 Å². The summed E-state index contributed by atoms with van der Waals surface area (Å²) >= 11 is 0. The van der Waals surface area contributed by atoms with Crippen LogP contribution in [0.4, 0.5) is 18.9 Å². The number of anilines is 1. The zero-order chi connectivity index (χ0) is 22.2. The van der Waals surface area contributed by atoms with E-state index in [1.807, 2.05) is 0 Å². The number of benzene rings is 1. The maximum atomic E-state index is 12.8. The standard InChI is InChI=1S/C21H20F3N3O4/c1-30-16-4-2-3-15(8-16)27-10-13(7-19(27)28)20(29)26-11-17(12-26)31-18-6-5-14(9-25-18)21(22,23)24/h2-6,8-9,13,17H,7,10-12H2,1H3. The number of carbonyl (C=O) groups is 2. The fraction of sp³-hybridized carbons (Fsp3) is 0.381. The zero-order valence-electron chi connectivity index (χ0n) is 16.6. The quantitative estimate of drug-likeness (QED) is 0.722. The van der Waals surface area contributed by atoms with E-state index in [1.54, 1.807) is 41.2 Å². The molecule has 10 heteroatoms. The molecule has 1 aromatic heterocycles. The molecule has 2 saturated heterocycles. The van der Waals surface area contributed by atoms with Crippen molar-refractivity contribution in [2.75, 3.05) is 31.6 Å². The van der Waals surface area contributed by atoms with Gasteiger partial charge in [0.05, 0.1) is 31.7 Å². The molecule has 31 heavy (non-hydrogen) atoms. The number of hydrogen-bond acceptors (Lipinski definition) is 5. The van der Waals surface area contributed by atoms with Crippen LogP contribution in [0.5, 0.6) is 11.6 Å². The van der Waals surface area contributed by atoms with Crippen LogP contribution in [0.1, 0.15) is 12.0 Å². The molecular formula is C21H20F3N3O4. The summed E-state index contributed by atoms with van der Waals surface area (Å²) in [6, 6.07) is 9.16. The molecule has 0 saturated carbocycles. The van der Waals surface area contributed by atoms with Gasteiger partial charge in [0.2, 0.25) is 17.7 Å². The highest BCUT2D eigenvalue weighted by atomic mass is 19.4. The van der Waals surface area contributed by atoms with Crippen molar-refractivity contribution in [1.82, 2.24) is 9.88 Å². The van der Waals surface area contributed by atoms with Crippen molar-refractivity contribution in [1.29, 1.82) is 0 Å². The lowest BCUT2D eigenvalue weighted by atomic mass is 10.0. The third-order valence-electron chi connectivity index (χ3n) is 5.35. The molecule has 1 aromatic carbocycles. The summed E-state index contributed by atoms with van der Waals surface area (Å²) in [5, 5.41) is 0. The van der Waals surface area contributed by atoms with Gasteiger partial charge in [0.1, 0.15) is 11.9 Å². The fourth-order valence-corrected chi connectivity index (χ4v) is 3.64. The van der Waals surface area contributed by atoms with E-state index in [0.717, 1.165) is 12.1 Å². The molecule has 2 aliphatic heterocycles. The normalized spacial score (nSPS) is 19.4. The minimum atomic E-state index is -4.46. The van der Waals surface area contributed by atoms with E-state index in [-0.39, 0.29) is 36.8 Å². The molecule has 164 valence electrons. The third-order valence-corrected chi connectivity index (χ3v) is 5.35. The third kappa shape index (κ3) is 4.42. The first kappa shape index (κ1) is 21.0. The average Bonchev–Trinajstić information content (AvgIpc) is 3.11. The summed E-state index contributed by atoms with van der Waals surface area (Å²) in [5.41, 5.74) is -0.172. The van der Waals surface area contributed by atoms with Crippen LogP contribution in [0.25, 0.3) is 0 Å². The summed E-state index contributed by atoms with van der Waals surface area (Å²) in [5.74, 6) is -0.0262. The Bertz CT molecular complexity index is 975. The van der Waals surface area contributed by atoms with Crippen molar-refractivity contribution in [3.05, 3.63) is 48.2 Å². The average molecular weight is 435 g/mol. The number of hydrogen-bond donors (Lipinski definition) is 0. The summed E-state index contributed by atoms with van der Waals surface area (Å²) in [6.07, 6.45) is -3.96. The number of alkyl halides is 3. The van der Waals surface area contributed by atoms with E-state index in [2.05, 4.69) is 4.98 Å². The topological polar surface area (TPSA) is 72.0 Å². The van der Waals surface area contributed by atoms with E-state index >= 15 is 0 Å². The molecule has 0 N–H and O–H groups in total.